The smallest absolute Gasteiger partial charge is 0.320 e. The molecule has 11 heteroatoms. The minimum Gasteiger partial charge on any atom is -0.465 e. The number of rotatable bonds is 11. The molecule has 0 fully saturated rings. The summed E-state index contributed by atoms with van der Waals surface area (Å²) in [6.07, 6.45) is 3.45. The molecule has 0 radical (unpaired) electrons. The van der Waals surface area contributed by atoms with E-state index in [0.717, 1.165) is 19.3 Å². The number of carbonyl (C=O) groups excluding carboxylic acids is 2. The molecule has 0 spiro atoms. The van der Waals surface area contributed by atoms with Gasteiger partial charge in [-0.25, -0.2) is 8.42 Å². The van der Waals surface area contributed by atoms with Crippen molar-refractivity contribution in [2.24, 2.45) is 4.99 Å². The number of amidine groups is 1. The van der Waals surface area contributed by atoms with Gasteiger partial charge in [-0.3, -0.25) is 24.2 Å². The van der Waals surface area contributed by atoms with Gasteiger partial charge in [-0.05, 0) is 38.0 Å². The molecule has 10 nitrogen and oxygen atoms in total. The van der Waals surface area contributed by atoms with Gasteiger partial charge < -0.3 is 14.8 Å². The van der Waals surface area contributed by atoms with Crippen molar-refractivity contribution in [1.82, 2.24) is 9.62 Å². The van der Waals surface area contributed by atoms with E-state index in [-0.39, 0.29) is 30.5 Å². The molecule has 1 amide bonds. The summed E-state index contributed by atoms with van der Waals surface area (Å²) in [6, 6.07) is 6.01. The third-order valence-corrected chi connectivity index (χ3v) is 6.07. The van der Waals surface area contributed by atoms with E-state index in [0.29, 0.717) is 37.6 Å². The summed E-state index contributed by atoms with van der Waals surface area (Å²) in [6.45, 7) is 3.16. The Morgan fingerprint density at radius 2 is 2.00 bits per heavy atom. The molecule has 0 bridgehead atoms. The maximum Gasteiger partial charge on any atom is 0.320 e. The highest BCUT2D eigenvalue weighted by Gasteiger charge is 2.19. The number of anilines is 1. The Labute approximate surface area is 189 Å². The van der Waals surface area contributed by atoms with Crippen LogP contribution in [0, 0.1) is 0 Å². The lowest BCUT2D eigenvalue weighted by Crippen LogP contribution is -2.39. The average molecular weight is 469 g/mol. The summed E-state index contributed by atoms with van der Waals surface area (Å²) < 4.78 is 38.0. The maximum atomic E-state index is 12.8. The van der Waals surface area contributed by atoms with Crippen molar-refractivity contribution in [2.75, 3.05) is 51.8 Å². The summed E-state index contributed by atoms with van der Waals surface area (Å²) in [5.74, 6) is -0.359. The van der Waals surface area contributed by atoms with Crippen LogP contribution in [0.25, 0.3) is 0 Å². The number of methoxy groups -OCH3 is 1. The molecule has 0 unspecified atom stereocenters. The Kier molecular flexibility index (Phi) is 10.6. The highest BCUT2D eigenvalue weighted by atomic mass is 32.2. The lowest BCUT2D eigenvalue weighted by atomic mass is 10.2. The number of amides is 1. The largest absolute Gasteiger partial charge is 0.465 e. The van der Waals surface area contributed by atoms with E-state index in [1.807, 2.05) is 0 Å². The van der Waals surface area contributed by atoms with E-state index in [1.165, 1.54) is 19.2 Å². The van der Waals surface area contributed by atoms with Crippen LogP contribution in [0.1, 0.15) is 32.6 Å². The van der Waals surface area contributed by atoms with Gasteiger partial charge in [-0.2, -0.15) is 0 Å². The van der Waals surface area contributed by atoms with Gasteiger partial charge in [-0.1, -0.05) is 12.5 Å². The van der Waals surface area contributed by atoms with Gasteiger partial charge >= 0.3 is 5.97 Å². The van der Waals surface area contributed by atoms with Crippen LogP contribution < -0.4 is 10.0 Å². The van der Waals surface area contributed by atoms with Crippen LogP contribution in [0.15, 0.2) is 34.2 Å². The number of nitrogens with one attached hydrogen (secondary N) is 2. The summed E-state index contributed by atoms with van der Waals surface area (Å²) in [4.78, 5) is 30.2. The lowest BCUT2D eigenvalue weighted by Gasteiger charge is -2.20. The highest BCUT2D eigenvalue weighted by molar-refractivity contribution is 7.90. The number of benzene rings is 1. The number of sulfonamides is 1. The second-order valence-corrected chi connectivity index (χ2v) is 9.01. The molecule has 0 aliphatic carbocycles. The Balaban J connectivity index is 2.02. The van der Waals surface area contributed by atoms with Gasteiger partial charge in [-0.15, -0.1) is 0 Å². The molecule has 0 saturated heterocycles. The van der Waals surface area contributed by atoms with Gasteiger partial charge in [0.1, 0.15) is 5.84 Å². The number of carbonyl (C=O) groups is 2. The fourth-order valence-corrected chi connectivity index (χ4v) is 4.27. The number of hydrogen-bond donors (Lipinski definition) is 2. The van der Waals surface area contributed by atoms with Crippen LogP contribution >= 0.6 is 0 Å². The van der Waals surface area contributed by atoms with Crippen molar-refractivity contribution in [2.45, 2.75) is 37.5 Å². The lowest BCUT2D eigenvalue weighted by molar-refractivity contribution is -0.144. The molecule has 0 aromatic heterocycles. The molecular weight excluding hydrogens is 436 g/mol. The van der Waals surface area contributed by atoms with Crippen LogP contribution in [0.2, 0.25) is 0 Å². The fraction of sp³-hybridized carbons (Fsp3) is 0.571. The van der Waals surface area contributed by atoms with E-state index in [4.69, 9.17) is 9.47 Å². The topological polar surface area (TPSA) is 126 Å². The van der Waals surface area contributed by atoms with Crippen molar-refractivity contribution in [1.29, 1.82) is 0 Å². The monoisotopic (exact) mass is 468 g/mol. The first kappa shape index (κ1) is 25.8. The van der Waals surface area contributed by atoms with E-state index in [2.05, 4.69) is 15.0 Å². The van der Waals surface area contributed by atoms with Crippen molar-refractivity contribution < 1.29 is 27.5 Å². The zero-order valence-electron chi connectivity index (χ0n) is 18.6. The molecule has 32 heavy (non-hydrogen) atoms. The second-order valence-electron chi connectivity index (χ2n) is 7.33. The summed E-state index contributed by atoms with van der Waals surface area (Å²) in [5, 5.41) is 2.68. The normalized spacial score (nSPS) is 14.4. The molecule has 0 saturated carbocycles. The molecule has 1 heterocycles. The molecule has 1 aromatic rings. The Hall–Kier alpha value is -2.50. The van der Waals surface area contributed by atoms with Crippen LogP contribution in [0.5, 0.6) is 0 Å². The van der Waals surface area contributed by atoms with Crippen LogP contribution in [-0.2, 0) is 29.1 Å². The molecule has 2 N–H and O–H groups in total. The number of hydrogen-bond acceptors (Lipinski definition) is 8. The van der Waals surface area contributed by atoms with E-state index in [1.54, 1.807) is 24.0 Å². The van der Waals surface area contributed by atoms with E-state index >= 15 is 0 Å². The van der Waals surface area contributed by atoms with Gasteiger partial charge in [0.25, 0.3) is 10.0 Å². The first-order valence-electron chi connectivity index (χ1n) is 10.7. The summed E-state index contributed by atoms with van der Waals surface area (Å²) in [5.41, 5.74) is 0.337. The van der Waals surface area contributed by atoms with Crippen LogP contribution in [0.3, 0.4) is 0 Å². The average Bonchev–Trinajstić information content (AvgIpc) is 3.00. The molecule has 1 aliphatic rings. The number of nitrogens with zero attached hydrogens (tertiary/aromatic N) is 2. The Morgan fingerprint density at radius 3 is 2.75 bits per heavy atom. The van der Waals surface area contributed by atoms with Gasteiger partial charge in [0.05, 0.1) is 31.2 Å². The summed E-state index contributed by atoms with van der Waals surface area (Å²) >= 11 is 0. The second kappa shape index (κ2) is 13.1. The third-order valence-electron chi connectivity index (χ3n) is 4.69. The van der Waals surface area contributed by atoms with Gasteiger partial charge in [0, 0.05) is 32.3 Å². The van der Waals surface area contributed by atoms with Crippen molar-refractivity contribution in [3.63, 3.8) is 0 Å². The highest BCUT2D eigenvalue weighted by Crippen LogP contribution is 2.16. The van der Waals surface area contributed by atoms with Gasteiger partial charge in [0.2, 0.25) is 5.91 Å². The molecule has 0 atom stereocenters. The minimum atomic E-state index is -3.81. The van der Waals surface area contributed by atoms with Crippen LogP contribution in [-0.4, -0.2) is 77.5 Å². The van der Waals surface area contributed by atoms with E-state index in [9.17, 15) is 18.0 Å². The predicted octanol–water partition coefficient (Wildman–Crippen LogP) is 1.39. The molecule has 2 rings (SSSR count). The zero-order valence-corrected chi connectivity index (χ0v) is 19.4. The number of esters is 1. The quantitative estimate of drug-likeness (QED) is 0.470. The van der Waals surface area contributed by atoms with Crippen LogP contribution in [0.4, 0.5) is 5.69 Å². The first-order chi connectivity index (χ1) is 15.3. The van der Waals surface area contributed by atoms with Crippen molar-refractivity contribution in [3.05, 3.63) is 24.3 Å². The molecule has 178 valence electrons. The van der Waals surface area contributed by atoms with Gasteiger partial charge in [0.15, 0.2) is 0 Å². The summed E-state index contributed by atoms with van der Waals surface area (Å²) in [7, 11) is -2.28. The molecular formula is C21H32N4O6S. The molecule has 1 aromatic carbocycles. The molecule has 1 aliphatic heterocycles. The predicted molar refractivity (Wildman–Crippen MR) is 121 cm³/mol. The van der Waals surface area contributed by atoms with Crippen molar-refractivity contribution in [3.8, 4) is 0 Å². The SMILES string of the molecule is CCOC(=O)CN(CCOC)CC(=O)Nc1cccc(S(=O)(=O)NC2=NCCCCC2)c1. The minimum absolute atomic E-state index is 0.0324. The maximum absolute atomic E-state index is 12.8. The Bertz CT molecular complexity index is 903. The Morgan fingerprint density at radius 1 is 1.19 bits per heavy atom. The zero-order chi connectivity index (χ0) is 23.4. The fourth-order valence-electron chi connectivity index (χ4n) is 3.14. The standard InChI is InChI=1S/C21H32N4O6S/c1-3-31-21(27)16-25(12-13-30-2)15-20(26)23-17-8-7-9-18(14-17)32(28,29)24-19-10-5-4-6-11-22-19/h7-9,14H,3-6,10-13,15-16H2,1-2H3,(H,22,24)(H,23,26). The van der Waals surface area contributed by atoms with E-state index < -0.39 is 16.0 Å². The van der Waals surface area contributed by atoms with Crippen molar-refractivity contribution >= 4 is 33.4 Å². The number of ether oxygens (including phenoxy) is 2. The number of aliphatic imine (C=N–C) groups is 1. The third kappa shape index (κ3) is 8.93. The first-order valence-corrected chi connectivity index (χ1v) is 12.2.